The van der Waals surface area contributed by atoms with Gasteiger partial charge < -0.3 is 9.96 Å². The zero-order chi connectivity index (χ0) is 9.19. The highest BCUT2D eigenvalue weighted by Gasteiger charge is 2.09. The Kier molecular flexibility index (Phi) is 4.11. The number of benzene rings is 1. The van der Waals surface area contributed by atoms with Gasteiger partial charge in [-0.15, -0.1) is 0 Å². The predicted molar refractivity (Wildman–Crippen MR) is 54.9 cm³/mol. The van der Waals surface area contributed by atoms with Gasteiger partial charge in [-0.25, -0.2) is 0 Å². The van der Waals surface area contributed by atoms with Gasteiger partial charge in [-0.05, 0) is 12.5 Å². The van der Waals surface area contributed by atoms with E-state index in [1.54, 1.807) is 0 Å². The van der Waals surface area contributed by atoms with Gasteiger partial charge in [-0.2, -0.15) is 0 Å². The molecule has 0 fully saturated rings. The summed E-state index contributed by atoms with van der Waals surface area (Å²) in [5.74, 6) is 0. The van der Waals surface area contributed by atoms with Crippen molar-refractivity contribution in [1.82, 2.24) is 0 Å². The van der Waals surface area contributed by atoms with Gasteiger partial charge in [0.25, 0.3) is 0 Å². The highest BCUT2D eigenvalue weighted by atomic mass is 16.0. The van der Waals surface area contributed by atoms with Gasteiger partial charge in [-0.3, -0.25) is 0 Å². The molecule has 0 aliphatic heterocycles. The molecule has 0 aliphatic carbocycles. The first-order chi connectivity index (χ1) is 5.49. The third kappa shape index (κ3) is 4.06. The first-order valence-electron chi connectivity index (χ1n) is 4.34. The van der Waals surface area contributed by atoms with E-state index in [0.29, 0.717) is 0 Å². The molecule has 0 aromatic heterocycles. The van der Waals surface area contributed by atoms with Gasteiger partial charge in [0.05, 0.1) is 21.1 Å². The molecule has 1 N–H and O–H groups in total. The summed E-state index contributed by atoms with van der Waals surface area (Å²) >= 11 is 0. The van der Waals surface area contributed by atoms with Crippen molar-refractivity contribution in [3.05, 3.63) is 35.4 Å². The van der Waals surface area contributed by atoms with Gasteiger partial charge in [0.1, 0.15) is 6.54 Å². The minimum atomic E-state index is 0. The molecule has 0 spiro atoms. The van der Waals surface area contributed by atoms with E-state index < -0.39 is 0 Å². The molecule has 0 bridgehead atoms. The molecule has 2 heteroatoms. The van der Waals surface area contributed by atoms with Crippen LogP contribution in [-0.4, -0.2) is 31.1 Å². The maximum atomic E-state index is 2.21. The molecule has 0 saturated heterocycles. The standard InChI is InChI=1S/C11H18N.H2O/c1-10-7-5-6-8-11(10)9-12(2,3)4;/h5-8H,9H2,1-4H3;1H2/q+1;/p-1. The van der Waals surface area contributed by atoms with E-state index in [1.807, 2.05) is 0 Å². The van der Waals surface area contributed by atoms with Crippen molar-refractivity contribution in [2.45, 2.75) is 13.5 Å². The number of hydrogen-bond acceptors (Lipinski definition) is 1. The van der Waals surface area contributed by atoms with Gasteiger partial charge in [0.15, 0.2) is 0 Å². The Hall–Kier alpha value is -0.860. The third-order valence-electron chi connectivity index (χ3n) is 1.91. The molecule has 1 aromatic rings. The van der Waals surface area contributed by atoms with Crippen molar-refractivity contribution in [2.75, 3.05) is 21.1 Å². The average Bonchev–Trinajstić information content (AvgIpc) is 1.91. The Labute approximate surface area is 80.7 Å². The number of rotatable bonds is 2. The molecule has 74 valence electrons. The fourth-order valence-corrected chi connectivity index (χ4v) is 1.30. The van der Waals surface area contributed by atoms with Crippen LogP contribution in [-0.2, 0) is 6.54 Å². The minimum absolute atomic E-state index is 0. The molecule has 13 heavy (non-hydrogen) atoms. The smallest absolute Gasteiger partial charge is 0.104 e. The summed E-state index contributed by atoms with van der Waals surface area (Å²) in [7, 11) is 6.64. The maximum absolute atomic E-state index is 2.21. The normalized spacial score (nSPS) is 10.8. The second-order valence-corrected chi connectivity index (χ2v) is 4.37. The van der Waals surface area contributed by atoms with Crippen LogP contribution in [0.1, 0.15) is 11.1 Å². The third-order valence-corrected chi connectivity index (χ3v) is 1.91. The summed E-state index contributed by atoms with van der Waals surface area (Å²) in [4.78, 5) is 0. The number of aryl methyl sites for hydroxylation is 1. The summed E-state index contributed by atoms with van der Waals surface area (Å²) in [5, 5.41) is 0. The van der Waals surface area contributed by atoms with Crippen LogP contribution in [0.15, 0.2) is 24.3 Å². The van der Waals surface area contributed by atoms with Crippen molar-refractivity contribution in [2.24, 2.45) is 0 Å². The molecule has 0 amide bonds. The molecule has 0 atom stereocenters. The Bertz CT molecular complexity index is 263. The molecule has 1 rings (SSSR count). The van der Waals surface area contributed by atoms with Crippen molar-refractivity contribution >= 4 is 0 Å². The molecule has 0 unspecified atom stereocenters. The van der Waals surface area contributed by atoms with Crippen molar-refractivity contribution in [1.29, 1.82) is 0 Å². The lowest BCUT2D eigenvalue weighted by molar-refractivity contribution is -0.884. The van der Waals surface area contributed by atoms with Crippen LogP contribution in [0.5, 0.6) is 0 Å². The molecular weight excluding hydrogens is 162 g/mol. The number of nitrogens with zero attached hydrogens (tertiary/aromatic N) is 1. The van der Waals surface area contributed by atoms with E-state index in [9.17, 15) is 0 Å². The lowest BCUT2D eigenvalue weighted by atomic mass is 10.1. The van der Waals surface area contributed by atoms with Gasteiger partial charge in [-0.1, -0.05) is 24.3 Å². The SMILES string of the molecule is Cc1ccccc1C[N+](C)(C)C.[OH-]. The molecule has 1 aromatic carbocycles. The lowest BCUT2D eigenvalue weighted by Gasteiger charge is -2.24. The Morgan fingerprint density at radius 3 is 2.08 bits per heavy atom. The Morgan fingerprint density at radius 1 is 1.08 bits per heavy atom. The van der Waals surface area contributed by atoms with Gasteiger partial charge in [0.2, 0.25) is 0 Å². The van der Waals surface area contributed by atoms with Gasteiger partial charge in [0, 0.05) is 5.56 Å². The van der Waals surface area contributed by atoms with Gasteiger partial charge >= 0.3 is 0 Å². The van der Waals surface area contributed by atoms with Crippen LogP contribution >= 0.6 is 0 Å². The van der Waals surface area contributed by atoms with Crippen LogP contribution in [0.3, 0.4) is 0 Å². The largest absolute Gasteiger partial charge is 0.870 e. The second-order valence-electron chi connectivity index (χ2n) is 4.37. The Balaban J connectivity index is 0.00000144. The van der Waals surface area contributed by atoms with Crippen molar-refractivity contribution in [3.63, 3.8) is 0 Å². The summed E-state index contributed by atoms with van der Waals surface area (Å²) < 4.78 is 0.991. The topological polar surface area (TPSA) is 30.0 Å². The van der Waals surface area contributed by atoms with E-state index in [1.165, 1.54) is 11.1 Å². The van der Waals surface area contributed by atoms with Crippen LogP contribution in [0, 0.1) is 6.92 Å². The lowest BCUT2D eigenvalue weighted by Crippen LogP contribution is -2.33. The molecule has 0 saturated carbocycles. The van der Waals surface area contributed by atoms with Crippen LogP contribution in [0.2, 0.25) is 0 Å². The first-order valence-corrected chi connectivity index (χ1v) is 4.34. The van der Waals surface area contributed by atoms with E-state index in [0.717, 1.165) is 11.0 Å². The monoisotopic (exact) mass is 181 g/mol. The quantitative estimate of drug-likeness (QED) is 0.642. The molecule has 0 radical (unpaired) electrons. The zero-order valence-corrected chi connectivity index (χ0v) is 8.91. The van der Waals surface area contributed by atoms with Crippen molar-refractivity contribution < 1.29 is 9.96 Å². The minimum Gasteiger partial charge on any atom is -0.870 e. The molecular formula is C11H19NO. The highest BCUT2D eigenvalue weighted by molar-refractivity contribution is 5.24. The van der Waals surface area contributed by atoms with Crippen LogP contribution in [0.25, 0.3) is 0 Å². The highest BCUT2D eigenvalue weighted by Crippen LogP contribution is 2.11. The van der Waals surface area contributed by atoms with Crippen LogP contribution in [0.4, 0.5) is 0 Å². The zero-order valence-electron chi connectivity index (χ0n) is 8.91. The summed E-state index contributed by atoms with van der Waals surface area (Å²) in [5.41, 5.74) is 2.84. The maximum Gasteiger partial charge on any atom is 0.104 e. The van der Waals surface area contributed by atoms with E-state index in [4.69, 9.17) is 0 Å². The summed E-state index contributed by atoms with van der Waals surface area (Å²) in [6.45, 7) is 3.28. The van der Waals surface area contributed by atoms with E-state index in [2.05, 4.69) is 52.3 Å². The fraction of sp³-hybridized carbons (Fsp3) is 0.455. The first kappa shape index (κ1) is 12.1. The number of hydrogen-bond donors (Lipinski definition) is 0. The number of quaternary nitrogens is 1. The summed E-state index contributed by atoms with van der Waals surface area (Å²) in [6.07, 6.45) is 0. The molecule has 0 heterocycles. The fourth-order valence-electron chi connectivity index (χ4n) is 1.30. The van der Waals surface area contributed by atoms with E-state index >= 15 is 0 Å². The average molecular weight is 181 g/mol. The van der Waals surface area contributed by atoms with Crippen molar-refractivity contribution in [3.8, 4) is 0 Å². The Morgan fingerprint density at radius 2 is 1.62 bits per heavy atom. The molecule has 2 nitrogen and oxygen atoms in total. The summed E-state index contributed by atoms with van der Waals surface area (Å²) in [6, 6.07) is 8.58. The second kappa shape index (κ2) is 4.40. The predicted octanol–water partition coefficient (Wildman–Crippen LogP) is 2.02. The molecule has 0 aliphatic rings. The van der Waals surface area contributed by atoms with Crippen LogP contribution < -0.4 is 0 Å². The van der Waals surface area contributed by atoms with E-state index in [-0.39, 0.29) is 5.48 Å².